The van der Waals surface area contributed by atoms with Crippen molar-refractivity contribution in [3.8, 4) is 5.75 Å². The Morgan fingerprint density at radius 2 is 1.92 bits per heavy atom. The number of ether oxygens (including phenoxy) is 2. The monoisotopic (exact) mass is 340 g/mol. The molecule has 0 aliphatic rings. The molecule has 3 rings (SSSR count). The van der Waals surface area contributed by atoms with Crippen molar-refractivity contribution in [2.75, 3.05) is 27.3 Å². The molecule has 2 heterocycles. The lowest BCUT2D eigenvalue weighted by atomic mass is 10.1. The molecule has 0 atom stereocenters. The van der Waals surface area contributed by atoms with Gasteiger partial charge in [-0.2, -0.15) is 0 Å². The molecule has 0 aliphatic heterocycles. The Labute approximate surface area is 145 Å². The molecule has 0 radical (unpaired) electrons. The minimum Gasteiger partial charge on any atom is -0.484 e. The van der Waals surface area contributed by atoms with Crippen LogP contribution in [0.2, 0.25) is 0 Å². The van der Waals surface area contributed by atoms with E-state index in [4.69, 9.17) is 9.47 Å². The van der Waals surface area contributed by atoms with Crippen molar-refractivity contribution in [1.29, 1.82) is 0 Å². The fraction of sp³-hybridized carbons (Fsp3) is 0.263. The Hall–Kier alpha value is -3.02. The van der Waals surface area contributed by atoms with E-state index in [0.29, 0.717) is 17.9 Å². The lowest BCUT2D eigenvalue weighted by molar-refractivity contribution is -0.130. The zero-order valence-corrected chi connectivity index (χ0v) is 14.5. The van der Waals surface area contributed by atoms with Crippen molar-refractivity contribution in [3.05, 3.63) is 48.2 Å². The van der Waals surface area contributed by atoms with Crippen LogP contribution < -0.4 is 4.74 Å². The third kappa shape index (κ3) is 3.15. The number of hydrogen-bond acceptors (Lipinski definition) is 4. The van der Waals surface area contributed by atoms with Crippen LogP contribution in [0.3, 0.4) is 0 Å². The highest BCUT2D eigenvalue weighted by Crippen LogP contribution is 2.30. The summed E-state index contributed by atoms with van der Waals surface area (Å²) in [5, 5.41) is 0.788. The maximum absolute atomic E-state index is 12.4. The molecule has 25 heavy (non-hydrogen) atoms. The average Bonchev–Trinajstić information content (AvgIpc) is 2.93. The van der Waals surface area contributed by atoms with Gasteiger partial charge in [-0.15, -0.1) is 0 Å². The van der Waals surface area contributed by atoms with E-state index in [-0.39, 0.29) is 18.5 Å². The van der Waals surface area contributed by atoms with E-state index in [1.54, 1.807) is 27.1 Å². The van der Waals surface area contributed by atoms with E-state index < -0.39 is 0 Å². The Balaban J connectivity index is 2.06. The molecule has 3 aromatic rings. The number of esters is 1. The van der Waals surface area contributed by atoms with Gasteiger partial charge in [0.15, 0.2) is 6.61 Å². The molecule has 0 N–H and O–H groups in total. The summed E-state index contributed by atoms with van der Waals surface area (Å²) in [6, 6.07) is 11.1. The molecule has 0 saturated heterocycles. The smallest absolute Gasteiger partial charge is 0.340 e. The second kappa shape index (κ2) is 6.84. The number of benzene rings is 1. The highest BCUT2D eigenvalue weighted by Gasteiger charge is 2.19. The fourth-order valence-electron chi connectivity index (χ4n) is 2.70. The molecule has 0 unspecified atom stereocenters. The standard InChI is InChI=1S/C19H20N2O4/c1-4-24-19(23)18-14-9-8-13(25-12-17(22)20(2)3)11-16(14)21-10-6-5-7-15(18)21/h5-11H,4,12H2,1-3H3. The van der Waals surface area contributed by atoms with Crippen LogP contribution >= 0.6 is 0 Å². The van der Waals surface area contributed by atoms with Gasteiger partial charge in [-0.3, -0.25) is 4.79 Å². The number of carbonyl (C=O) groups excluding carboxylic acids is 2. The number of nitrogens with zero attached hydrogens (tertiary/aromatic N) is 2. The zero-order chi connectivity index (χ0) is 18.0. The minimum atomic E-state index is -0.349. The molecule has 130 valence electrons. The van der Waals surface area contributed by atoms with Crippen molar-refractivity contribution in [3.63, 3.8) is 0 Å². The average molecular weight is 340 g/mol. The number of aromatic nitrogens is 1. The van der Waals surface area contributed by atoms with E-state index in [1.165, 1.54) is 4.90 Å². The van der Waals surface area contributed by atoms with Gasteiger partial charge < -0.3 is 18.8 Å². The summed E-state index contributed by atoms with van der Waals surface area (Å²) < 4.78 is 12.7. The van der Waals surface area contributed by atoms with Gasteiger partial charge in [-0.1, -0.05) is 6.07 Å². The second-order valence-electron chi connectivity index (χ2n) is 5.81. The predicted molar refractivity (Wildman–Crippen MR) is 95.0 cm³/mol. The van der Waals surface area contributed by atoms with Crippen LogP contribution in [0.25, 0.3) is 16.4 Å². The number of pyridine rings is 1. The summed E-state index contributed by atoms with van der Waals surface area (Å²) in [4.78, 5) is 25.6. The Kier molecular flexibility index (Phi) is 4.61. The van der Waals surface area contributed by atoms with Gasteiger partial charge in [0.05, 0.1) is 23.2 Å². The summed E-state index contributed by atoms with van der Waals surface area (Å²) in [6.07, 6.45) is 1.88. The fourth-order valence-corrected chi connectivity index (χ4v) is 2.70. The molecule has 0 fully saturated rings. The Bertz CT molecular complexity index is 943. The first-order valence-corrected chi connectivity index (χ1v) is 8.05. The van der Waals surface area contributed by atoms with E-state index in [1.807, 2.05) is 40.9 Å². The number of hydrogen-bond donors (Lipinski definition) is 0. The maximum atomic E-state index is 12.4. The molecule has 6 nitrogen and oxygen atoms in total. The molecule has 2 aromatic heterocycles. The molecule has 0 spiro atoms. The lowest BCUT2D eigenvalue weighted by Crippen LogP contribution is -2.27. The van der Waals surface area contributed by atoms with Gasteiger partial charge in [-0.25, -0.2) is 4.79 Å². The van der Waals surface area contributed by atoms with Crippen LogP contribution in [0.15, 0.2) is 42.6 Å². The van der Waals surface area contributed by atoms with Gasteiger partial charge in [-0.05, 0) is 31.2 Å². The summed E-state index contributed by atoms with van der Waals surface area (Å²) >= 11 is 0. The highest BCUT2D eigenvalue weighted by atomic mass is 16.5. The van der Waals surface area contributed by atoms with E-state index >= 15 is 0 Å². The largest absolute Gasteiger partial charge is 0.484 e. The van der Waals surface area contributed by atoms with Gasteiger partial charge in [0.1, 0.15) is 5.75 Å². The number of rotatable bonds is 5. The molecule has 1 aromatic carbocycles. The first-order valence-electron chi connectivity index (χ1n) is 8.05. The van der Waals surface area contributed by atoms with Gasteiger partial charge in [0.2, 0.25) is 0 Å². The first kappa shape index (κ1) is 16.8. The van der Waals surface area contributed by atoms with Crippen LogP contribution in [-0.2, 0) is 9.53 Å². The van der Waals surface area contributed by atoms with Crippen LogP contribution in [0, 0.1) is 0 Å². The van der Waals surface area contributed by atoms with Gasteiger partial charge in [0, 0.05) is 31.7 Å². The lowest BCUT2D eigenvalue weighted by Gasteiger charge is -2.11. The Morgan fingerprint density at radius 1 is 1.12 bits per heavy atom. The van der Waals surface area contributed by atoms with Crippen molar-refractivity contribution in [2.45, 2.75) is 6.92 Å². The van der Waals surface area contributed by atoms with Crippen molar-refractivity contribution < 1.29 is 19.1 Å². The summed E-state index contributed by atoms with van der Waals surface area (Å²) in [5.41, 5.74) is 2.14. The topological polar surface area (TPSA) is 60.2 Å². The minimum absolute atomic E-state index is 0.0352. The summed E-state index contributed by atoms with van der Waals surface area (Å²) in [7, 11) is 3.36. The number of amides is 1. The summed E-state index contributed by atoms with van der Waals surface area (Å²) in [6.45, 7) is 2.07. The second-order valence-corrected chi connectivity index (χ2v) is 5.81. The molecule has 0 bridgehead atoms. The molecule has 0 saturated carbocycles. The number of fused-ring (bicyclic) bond motifs is 3. The third-order valence-corrected chi connectivity index (χ3v) is 3.95. The normalized spacial score (nSPS) is 10.8. The number of likely N-dealkylation sites (N-methyl/N-ethyl adjacent to an activating group) is 1. The zero-order valence-electron chi connectivity index (χ0n) is 14.5. The Morgan fingerprint density at radius 3 is 2.64 bits per heavy atom. The van der Waals surface area contributed by atoms with E-state index in [2.05, 4.69) is 0 Å². The third-order valence-electron chi connectivity index (χ3n) is 3.95. The summed E-state index contributed by atoms with van der Waals surface area (Å²) in [5.74, 6) is 0.103. The molecular weight excluding hydrogens is 320 g/mol. The van der Waals surface area contributed by atoms with Crippen molar-refractivity contribution in [1.82, 2.24) is 9.30 Å². The maximum Gasteiger partial charge on any atom is 0.340 e. The van der Waals surface area contributed by atoms with Crippen LogP contribution in [0.5, 0.6) is 5.75 Å². The molecule has 1 amide bonds. The van der Waals surface area contributed by atoms with E-state index in [9.17, 15) is 9.59 Å². The van der Waals surface area contributed by atoms with Crippen molar-refractivity contribution >= 4 is 28.3 Å². The SMILES string of the molecule is CCOC(=O)c1c2ccc(OCC(=O)N(C)C)cc2n2ccccc12. The molecule has 0 aliphatic carbocycles. The highest BCUT2D eigenvalue weighted by molar-refractivity contribution is 6.11. The van der Waals surface area contributed by atoms with Gasteiger partial charge in [0.25, 0.3) is 5.91 Å². The molecular formula is C19H20N2O4. The number of carbonyl (C=O) groups is 2. The molecule has 6 heteroatoms. The van der Waals surface area contributed by atoms with E-state index in [0.717, 1.165) is 16.4 Å². The van der Waals surface area contributed by atoms with Gasteiger partial charge >= 0.3 is 5.97 Å². The predicted octanol–water partition coefficient (Wildman–Crippen LogP) is 2.74. The quantitative estimate of drug-likeness (QED) is 0.670. The van der Waals surface area contributed by atoms with Crippen molar-refractivity contribution in [2.24, 2.45) is 0 Å². The van der Waals surface area contributed by atoms with Crippen LogP contribution in [-0.4, -0.2) is 48.5 Å². The first-order chi connectivity index (χ1) is 12.0. The van der Waals surface area contributed by atoms with Crippen LogP contribution in [0.1, 0.15) is 17.3 Å². The van der Waals surface area contributed by atoms with Crippen LogP contribution in [0.4, 0.5) is 0 Å².